The fourth-order valence-electron chi connectivity index (χ4n) is 1.66. The van der Waals surface area contributed by atoms with Crippen LogP contribution in [0.2, 0.25) is 5.02 Å². The Morgan fingerprint density at radius 1 is 1.33 bits per heavy atom. The summed E-state index contributed by atoms with van der Waals surface area (Å²) in [5.41, 5.74) is 7.21. The lowest BCUT2D eigenvalue weighted by Crippen LogP contribution is -2.18. The Morgan fingerprint density at radius 3 is 2.67 bits per heavy atom. The molecule has 1 aromatic heterocycles. The zero-order chi connectivity index (χ0) is 13.2. The van der Waals surface area contributed by atoms with E-state index in [-0.39, 0.29) is 0 Å². The summed E-state index contributed by atoms with van der Waals surface area (Å²) in [5.74, 6) is 0. The molecule has 0 saturated carbocycles. The second-order valence-electron chi connectivity index (χ2n) is 3.75. The van der Waals surface area contributed by atoms with Gasteiger partial charge in [0.2, 0.25) is 0 Å². The minimum Gasteiger partial charge on any atom is -0.399 e. The third-order valence-electron chi connectivity index (χ3n) is 2.58. The molecule has 0 fully saturated rings. The minimum atomic E-state index is -1.36. The van der Waals surface area contributed by atoms with Gasteiger partial charge >= 0.3 is 0 Å². The molecule has 0 amide bonds. The lowest BCUT2D eigenvalue weighted by Gasteiger charge is -2.21. The molecule has 0 aliphatic carbocycles. The zero-order valence-electron chi connectivity index (χ0n) is 9.27. The molecular weight excluding hydrogens is 269 g/mol. The number of rotatable bonds is 2. The Balaban J connectivity index is 2.62. The molecule has 0 aliphatic heterocycles. The summed E-state index contributed by atoms with van der Waals surface area (Å²) in [7, 11) is 0. The van der Waals surface area contributed by atoms with Crippen molar-refractivity contribution < 1.29 is 0 Å². The van der Waals surface area contributed by atoms with Gasteiger partial charge in [-0.3, -0.25) is 4.98 Å². The number of nitrogens with two attached hydrogens (primary N) is 1. The first-order valence-electron chi connectivity index (χ1n) is 5.14. The zero-order valence-corrected chi connectivity index (χ0v) is 10.8. The first kappa shape index (κ1) is 12.7. The van der Waals surface area contributed by atoms with E-state index in [1.165, 1.54) is 0 Å². The van der Waals surface area contributed by atoms with E-state index in [9.17, 15) is 5.26 Å². The van der Waals surface area contributed by atoms with Crippen LogP contribution in [0.1, 0.15) is 11.1 Å². The topological polar surface area (TPSA) is 62.7 Å². The number of anilines is 1. The third kappa shape index (κ3) is 2.13. The van der Waals surface area contributed by atoms with Gasteiger partial charge in [-0.1, -0.05) is 35.3 Å². The van der Waals surface area contributed by atoms with Crippen LogP contribution in [0.3, 0.4) is 0 Å². The van der Waals surface area contributed by atoms with Crippen molar-refractivity contribution in [1.82, 2.24) is 4.98 Å². The summed E-state index contributed by atoms with van der Waals surface area (Å²) in [6, 6.07) is 10.4. The molecule has 90 valence electrons. The summed E-state index contributed by atoms with van der Waals surface area (Å²) < 4.78 is 0. The predicted molar refractivity (Wildman–Crippen MR) is 72.3 cm³/mol. The number of hydrogen-bond donors (Lipinski definition) is 1. The molecule has 2 aromatic rings. The highest BCUT2D eigenvalue weighted by molar-refractivity contribution is 6.35. The lowest BCUT2D eigenvalue weighted by atomic mass is 9.92. The maximum Gasteiger partial charge on any atom is 0.183 e. The molecule has 18 heavy (non-hydrogen) atoms. The largest absolute Gasteiger partial charge is 0.399 e. The van der Waals surface area contributed by atoms with E-state index >= 15 is 0 Å². The van der Waals surface area contributed by atoms with Gasteiger partial charge in [0, 0.05) is 34.2 Å². The average Bonchev–Trinajstić information content (AvgIpc) is 2.39. The SMILES string of the molecule is N#CC(Cl)(c1cccnc1)c1ccc(N)cc1Cl. The summed E-state index contributed by atoms with van der Waals surface area (Å²) in [6.07, 6.45) is 3.16. The van der Waals surface area contributed by atoms with E-state index in [0.29, 0.717) is 21.8 Å². The van der Waals surface area contributed by atoms with Crippen molar-refractivity contribution in [2.24, 2.45) is 0 Å². The molecular formula is C13H9Cl2N3. The molecule has 1 heterocycles. The second-order valence-corrected chi connectivity index (χ2v) is 4.73. The monoisotopic (exact) mass is 277 g/mol. The number of hydrogen-bond acceptors (Lipinski definition) is 3. The van der Waals surface area contributed by atoms with Crippen LogP contribution >= 0.6 is 23.2 Å². The molecule has 1 aromatic carbocycles. The molecule has 0 radical (unpaired) electrons. The molecule has 1 atom stereocenters. The van der Waals surface area contributed by atoms with Crippen molar-refractivity contribution in [1.29, 1.82) is 5.26 Å². The van der Waals surface area contributed by atoms with E-state index < -0.39 is 4.87 Å². The van der Waals surface area contributed by atoms with E-state index in [1.54, 1.807) is 42.7 Å². The Kier molecular flexibility index (Phi) is 3.42. The van der Waals surface area contributed by atoms with Crippen LogP contribution in [-0.2, 0) is 4.87 Å². The van der Waals surface area contributed by atoms with Crippen LogP contribution in [-0.4, -0.2) is 4.98 Å². The molecule has 3 nitrogen and oxygen atoms in total. The van der Waals surface area contributed by atoms with Gasteiger partial charge in [0.15, 0.2) is 4.87 Å². The maximum absolute atomic E-state index is 9.39. The van der Waals surface area contributed by atoms with E-state index in [0.717, 1.165) is 0 Å². The fourth-order valence-corrected chi connectivity index (χ4v) is 2.31. The minimum absolute atomic E-state index is 0.357. The second kappa shape index (κ2) is 4.85. The van der Waals surface area contributed by atoms with Crippen molar-refractivity contribution in [3.63, 3.8) is 0 Å². The number of aromatic nitrogens is 1. The van der Waals surface area contributed by atoms with Gasteiger partial charge in [-0.25, -0.2) is 0 Å². The first-order chi connectivity index (χ1) is 8.58. The van der Waals surface area contributed by atoms with Crippen molar-refractivity contribution in [2.45, 2.75) is 4.87 Å². The van der Waals surface area contributed by atoms with Crippen LogP contribution < -0.4 is 5.73 Å². The van der Waals surface area contributed by atoms with Crippen LogP contribution in [0, 0.1) is 11.3 Å². The highest BCUT2D eigenvalue weighted by Crippen LogP contribution is 2.39. The third-order valence-corrected chi connectivity index (χ3v) is 3.40. The average molecular weight is 278 g/mol. The van der Waals surface area contributed by atoms with Gasteiger partial charge < -0.3 is 5.73 Å². The van der Waals surface area contributed by atoms with Gasteiger partial charge in [-0.2, -0.15) is 5.26 Å². The Labute approximate surface area is 115 Å². The molecule has 2 rings (SSSR count). The van der Waals surface area contributed by atoms with E-state index in [4.69, 9.17) is 28.9 Å². The number of nitriles is 1. The molecule has 1 unspecified atom stereocenters. The van der Waals surface area contributed by atoms with Crippen LogP contribution in [0.5, 0.6) is 0 Å². The van der Waals surface area contributed by atoms with Crippen molar-refractivity contribution >= 4 is 28.9 Å². The van der Waals surface area contributed by atoms with Crippen LogP contribution in [0.4, 0.5) is 5.69 Å². The van der Waals surface area contributed by atoms with Gasteiger partial charge in [-0.05, 0) is 18.2 Å². The summed E-state index contributed by atoms with van der Waals surface area (Å²) in [5, 5.41) is 9.74. The van der Waals surface area contributed by atoms with Crippen molar-refractivity contribution in [3.05, 3.63) is 58.9 Å². The first-order valence-corrected chi connectivity index (χ1v) is 5.89. The molecule has 5 heteroatoms. The number of alkyl halides is 1. The summed E-state index contributed by atoms with van der Waals surface area (Å²) in [6.45, 7) is 0. The van der Waals surface area contributed by atoms with E-state index in [1.807, 2.05) is 0 Å². The van der Waals surface area contributed by atoms with Gasteiger partial charge in [0.1, 0.15) is 0 Å². The number of nitrogens with zero attached hydrogens (tertiary/aromatic N) is 2. The Bertz CT molecular complexity index is 607. The number of pyridine rings is 1. The summed E-state index contributed by atoms with van der Waals surface area (Å²) in [4.78, 5) is 2.61. The molecule has 2 N–H and O–H groups in total. The normalized spacial score (nSPS) is 13.6. The number of benzene rings is 1. The van der Waals surface area contributed by atoms with Crippen LogP contribution in [0.25, 0.3) is 0 Å². The smallest absolute Gasteiger partial charge is 0.183 e. The van der Waals surface area contributed by atoms with Gasteiger partial charge in [0.05, 0.1) is 6.07 Å². The standard InChI is InChI=1S/C13H9Cl2N3/c14-12-6-10(17)3-4-11(12)13(15,8-16)9-2-1-5-18-7-9/h1-7H,17H2. The predicted octanol–water partition coefficient (Wildman–Crippen LogP) is 3.32. The number of halogens is 2. The van der Waals surface area contributed by atoms with Gasteiger partial charge in [0.25, 0.3) is 0 Å². The number of nitrogen functional groups attached to an aromatic ring is 1. The highest BCUT2D eigenvalue weighted by Gasteiger charge is 2.34. The molecule has 0 aliphatic rings. The Morgan fingerprint density at radius 2 is 2.11 bits per heavy atom. The summed E-state index contributed by atoms with van der Waals surface area (Å²) >= 11 is 12.5. The van der Waals surface area contributed by atoms with Crippen LogP contribution in [0.15, 0.2) is 42.7 Å². The quantitative estimate of drug-likeness (QED) is 0.677. The Hall–Kier alpha value is -1.76. The maximum atomic E-state index is 9.39. The molecule has 0 bridgehead atoms. The highest BCUT2D eigenvalue weighted by atomic mass is 35.5. The molecule has 0 saturated heterocycles. The van der Waals surface area contributed by atoms with E-state index in [2.05, 4.69) is 11.1 Å². The van der Waals surface area contributed by atoms with Crippen molar-refractivity contribution in [2.75, 3.05) is 5.73 Å². The van der Waals surface area contributed by atoms with Gasteiger partial charge in [-0.15, -0.1) is 0 Å². The molecule has 0 spiro atoms. The lowest BCUT2D eigenvalue weighted by molar-refractivity contribution is 0.926. The van der Waals surface area contributed by atoms with Crippen molar-refractivity contribution in [3.8, 4) is 6.07 Å². The fraction of sp³-hybridized carbons (Fsp3) is 0.0769.